The lowest BCUT2D eigenvalue weighted by Gasteiger charge is -2.03. The van der Waals surface area contributed by atoms with Crippen LogP contribution >= 0.6 is 27.5 Å². The van der Waals surface area contributed by atoms with E-state index in [0.717, 1.165) is 10.9 Å². The molecule has 0 amide bonds. The number of carbonyl (C=O) groups is 1. The fourth-order valence-corrected chi connectivity index (χ4v) is 2.83. The van der Waals surface area contributed by atoms with Crippen LogP contribution in [0.4, 0.5) is 0 Å². The van der Waals surface area contributed by atoms with Gasteiger partial charge in [0, 0.05) is 50.1 Å². The molecule has 2 heterocycles. The molecule has 2 aromatic heterocycles. The molecule has 0 unspecified atom stereocenters. The van der Waals surface area contributed by atoms with E-state index in [1.165, 1.54) is 0 Å². The molecule has 3 nitrogen and oxygen atoms in total. The lowest BCUT2D eigenvalue weighted by atomic mass is 10.0. The number of pyridine rings is 1. The number of benzene rings is 1. The molecule has 0 atom stereocenters. The van der Waals surface area contributed by atoms with Crippen molar-refractivity contribution in [1.29, 1.82) is 0 Å². The number of hydrogen-bond donors (Lipinski definition) is 1. The SMILES string of the molecule is O=C(c1ccc(Cl)cc1Br)c1c[nH]c2ccncc12. The fraction of sp³-hybridized carbons (Fsp3) is 0. The van der Waals surface area contributed by atoms with Crippen molar-refractivity contribution in [3.8, 4) is 0 Å². The van der Waals surface area contributed by atoms with Crippen molar-refractivity contribution in [2.75, 3.05) is 0 Å². The lowest BCUT2D eigenvalue weighted by Crippen LogP contribution is -2.01. The van der Waals surface area contributed by atoms with E-state index in [-0.39, 0.29) is 5.78 Å². The Bertz CT molecular complexity index is 782. The second-order valence-corrected chi connectivity index (χ2v) is 5.37. The van der Waals surface area contributed by atoms with Crippen molar-refractivity contribution in [1.82, 2.24) is 9.97 Å². The first-order valence-electron chi connectivity index (χ1n) is 5.57. The van der Waals surface area contributed by atoms with Crippen LogP contribution in [0.3, 0.4) is 0 Å². The molecule has 3 rings (SSSR count). The summed E-state index contributed by atoms with van der Waals surface area (Å²) in [5.74, 6) is -0.0669. The number of ketones is 1. The van der Waals surface area contributed by atoms with Crippen LogP contribution in [0.15, 0.2) is 47.3 Å². The average molecular weight is 336 g/mol. The third-order valence-electron chi connectivity index (χ3n) is 2.90. The summed E-state index contributed by atoms with van der Waals surface area (Å²) in [4.78, 5) is 19.7. The number of carbonyl (C=O) groups excluding carboxylic acids is 1. The van der Waals surface area contributed by atoms with E-state index in [2.05, 4.69) is 25.9 Å². The minimum absolute atomic E-state index is 0.0669. The van der Waals surface area contributed by atoms with Gasteiger partial charge in [-0.15, -0.1) is 0 Å². The highest BCUT2D eigenvalue weighted by Gasteiger charge is 2.16. The molecular weight excluding hydrogens is 328 g/mol. The molecule has 0 fully saturated rings. The highest BCUT2D eigenvalue weighted by Crippen LogP contribution is 2.26. The molecule has 0 spiro atoms. The molecule has 3 aromatic rings. The van der Waals surface area contributed by atoms with Gasteiger partial charge in [0.2, 0.25) is 0 Å². The van der Waals surface area contributed by atoms with Gasteiger partial charge in [-0.25, -0.2) is 0 Å². The van der Waals surface area contributed by atoms with Gasteiger partial charge in [-0.1, -0.05) is 11.6 Å². The maximum absolute atomic E-state index is 12.5. The van der Waals surface area contributed by atoms with E-state index in [1.54, 1.807) is 36.8 Å². The zero-order valence-electron chi connectivity index (χ0n) is 9.65. The van der Waals surface area contributed by atoms with Gasteiger partial charge >= 0.3 is 0 Å². The zero-order valence-corrected chi connectivity index (χ0v) is 12.0. The van der Waals surface area contributed by atoms with Crippen LogP contribution in [0.25, 0.3) is 10.9 Å². The van der Waals surface area contributed by atoms with Crippen molar-refractivity contribution < 1.29 is 4.79 Å². The number of aromatic amines is 1. The van der Waals surface area contributed by atoms with Crippen molar-refractivity contribution in [2.24, 2.45) is 0 Å². The van der Waals surface area contributed by atoms with Crippen molar-refractivity contribution in [2.45, 2.75) is 0 Å². The van der Waals surface area contributed by atoms with E-state index in [1.807, 2.05) is 6.07 Å². The van der Waals surface area contributed by atoms with Crippen LogP contribution in [0, 0.1) is 0 Å². The highest BCUT2D eigenvalue weighted by molar-refractivity contribution is 9.10. The number of halogens is 2. The number of aromatic nitrogens is 2. The molecule has 5 heteroatoms. The molecule has 94 valence electrons. The van der Waals surface area contributed by atoms with Crippen LogP contribution in [0.2, 0.25) is 5.02 Å². The number of H-pyrrole nitrogens is 1. The Morgan fingerprint density at radius 2 is 2.11 bits per heavy atom. The average Bonchev–Trinajstić information content (AvgIpc) is 2.82. The molecule has 1 N–H and O–H groups in total. The smallest absolute Gasteiger partial charge is 0.196 e. The van der Waals surface area contributed by atoms with Crippen molar-refractivity contribution in [3.63, 3.8) is 0 Å². The first-order valence-corrected chi connectivity index (χ1v) is 6.75. The van der Waals surface area contributed by atoms with Crippen molar-refractivity contribution in [3.05, 3.63) is 63.5 Å². The van der Waals surface area contributed by atoms with Crippen LogP contribution in [-0.2, 0) is 0 Å². The Hall–Kier alpha value is -1.65. The second-order valence-electron chi connectivity index (χ2n) is 4.08. The van der Waals surface area contributed by atoms with Crippen LogP contribution in [0.5, 0.6) is 0 Å². The summed E-state index contributed by atoms with van der Waals surface area (Å²) in [5, 5.41) is 1.40. The molecule has 0 bridgehead atoms. The standard InChI is InChI=1S/C14H8BrClN2O/c15-12-5-8(16)1-2-9(12)14(19)11-7-18-13-3-4-17-6-10(11)13/h1-7,18H. The largest absolute Gasteiger partial charge is 0.360 e. The summed E-state index contributed by atoms with van der Waals surface area (Å²) in [6.07, 6.45) is 5.07. The molecule has 1 aromatic carbocycles. The van der Waals surface area contributed by atoms with Gasteiger partial charge in [0.1, 0.15) is 0 Å². The molecule has 0 aliphatic carbocycles. The number of nitrogens with one attached hydrogen (secondary N) is 1. The van der Waals surface area contributed by atoms with Crippen LogP contribution < -0.4 is 0 Å². The lowest BCUT2D eigenvalue weighted by molar-refractivity contribution is 0.103. The monoisotopic (exact) mass is 334 g/mol. The Kier molecular flexibility index (Phi) is 3.12. The van der Waals surface area contributed by atoms with E-state index in [9.17, 15) is 4.79 Å². The summed E-state index contributed by atoms with van der Waals surface area (Å²) in [5.41, 5.74) is 2.07. The van der Waals surface area contributed by atoms with Gasteiger partial charge in [-0.05, 0) is 40.2 Å². The zero-order chi connectivity index (χ0) is 13.4. The quantitative estimate of drug-likeness (QED) is 0.713. The first kappa shape index (κ1) is 12.4. The molecule has 0 saturated heterocycles. The van der Waals surface area contributed by atoms with Gasteiger partial charge in [-0.2, -0.15) is 0 Å². The third-order valence-corrected chi connectivity index (χ3v) is 3.79. The normalized spacial score (nSPS) is 10.8. The number of nitrogens with zero attached hydrogens (tertiary/aromatic N) is 1. The van der Waals surface area contributed by atoms with Crippen molar-refractivity contribution >= 4 is 44.2 Å². The van der Waals surface area contributed by atoms with Gasteiger partial charge in [-0.3, -0.25) is 9.78 Å². The number of fused-ring (bicyclic) bond motifs is 1. The number of hydrogen-bond acceptors (Lipinski definition) is 2. The van der Waals surface area contributed by atoms with Gasteiger partial charge in [0.05, 0.1) is 0 Å². The van der Waals surface area contributed by atoms with Crippen LogP contribution in [0.1, 0.15) is 15.9 Å². The summed E-state index contributed by atoms with van der Waals surface area (Å²) < 4.78 is 0.684. The third kappa shape index (κ3) is 2.17. The topological polar surface area (TPSA) is 45.8 Å². The molecule has 19 heavy (non-hydrogen) atoms. The van der Waals surface area contributed by atoms with E-state index in [4.69, 9.17) is 11.6 Å². The Labute approximate surface area is 122 Å². The van der Waals surface area contributed by atoms with Gasteiger partial charge in [0.25, 0.3) is 0 Å². The highest BCUT2D eigenvalue weighted by atomic mass is 79.9. The minimum Gasteiger partial charge on any atom is -0.360 e. The van der Waals surface area contributed by atoms with E-state index < -0.39 is 0 Å². The van der Waals surface area contributed by atoms with E-state index in [0.29, 0.717) is 20.6 Å². The molecular formula is C14H8BrClN2O. The van der Waals surface area contributed by atoms with Crippen LogP contribution in [-0.4, -0.2) is 15.8 Å². The molecule has 0 aliphatic rings. The Balaban J connectivity index is 2.13. The summed E-state index contributed by atoms with van der Waals surface area (Å²) in [6.45, 7) is 0. The fourth-order valence-electron chi connectivity index (χ4n) is 1.97. The summed E-state index contributed by atoms with van der Waals surface area (Å²) in [7, 11) is 0. The molecule has 0 aliphatic heterocycles. The number of rotatable bonds is 2. The van der Waals surface area contributed by atoms with Gasteiger partial charge in [0.15, 0.2) is 5.78 Å². The maximum atomic E-state index is 12.5. The predicted octanol–water partition coefficient (Wildman–Crippen LogP) is 4.21. The summed E-state index contributed by atoms with van der Waals surface area (Å²) in [6, 6.07) is 6.96. The molecule has 0 radical (unpaired) electrons. The van der Waals surface area contributed by atoms with Gasteiger partial charge < -0.3 is 4.98 Å². The Morgan fingerprint density at radius 1 is 1.26 bits per heavy atom. The first-order chi connectivity index (χ1) is 9.16. The molecule has 0 saturated carbocycles. The predicted molar refractivity (Wildman–Crippen MR) is 78.7 cm³/mol. The Morgan fingerprint density at radius 3 is 2.89 bits per heavy atom. The maximum Gasteiger partial charge on any atom is 0.196 e. The minimum atomic E-state index is -0.0669. The van der Waals surface area contributed by atoms with E-state index >= 15 is 0 Å². The summed E-state index contributed by atoms with van der Waals surface area (Å²) >= 11 is 9.25. The second kappa shape index (κ2) is 4.79.